The summed E-state index contributed by atoms with van der Waals surface area (Å²) in [6.07, 6.45) is 0. The lowest BCUT2D eigenvalue weighted by Gasteiger charge is -2.12. The second-order valence-electron chi connectivity index (χ2n) is 5.88. The van der Waals surface area contributed by atoms with E-state index in [4.69, 9.17) is 4.74 Å². The maximum absolute atomic E-state index is 12.3. The molecule has 0 spiro atoms. The van der Waals surface area contributed by atoms with Gasteiger partial charge in [0.1, 0.15) is 5.75 Å². The Labute approximate surface area is 156 Å². The fourth-order valence-electron chi connectivity index (χ4n) is 2.87. The molecule has 3 rings (SSSR count). The minimum absolute atomic E-state index is 0.0230. The zero-order chi connectivity index (χ0) is 19.4. The lowest BCUT2D eigenvalue weighted by molar-refractivity contribution is -0.384. The third kappa shape index (κ3) is 3.79. The molecular formula is C21H18N2O4. The van der Waals surface area contributed by atoms with Crippen molar-refractivity contribution in [1.82, 2.24) is 5.32 Å². The van der Waals surface area contributed by atoms with E-state index in [-0.39, 0.29) is 11.6 Å². The first kappa shape index (κ1) is 18.1. The molecule has 1 amide bonds. The van der Waals surface area contributed by atoms with E-state index >= 15 is 0 Å². The van der Waals surface area contributed by atoms with Gasteiger partial charge in [-0.1, -0.05) is 30.3 Å². The smallest absolute Gasteiger partial charge is 0.270 e. The molecule has 0 saturated carbocycles. The highest BCUT2D eigenvalue weighted by Crippen LogP contribution is 2.32. The van der Waals surface area contributed by atoms with Gasteiger partial charge in [0.05, 0.1) is 12.0 Å². The van der Waals surface area contributed by atoms with Gasteiger partial charge in [-0.05, 0) is 46.5 Å². The monoisotopic (exact) mass is 362 g/mol. The van der Waals surface area contributed by atoms with Crippen LogP contribution in [-0.2, 0) is 0 Å². The fraction of sp³-hybridized carbons (Fsp3) is 0.0952. The van der Waals surface area contributed by atoms with E-state index in [1.807, 2.05) is 36.4 Å². The number of amides is 1. The third-order valence-corrected chi connectivity index (χ3v) is 4.28. The molecule has 6 nitrogen and oxygen atoms in total. The summed E-state index contributed by atoms with van der Waals surface area (Å²) in [7, 11) is 3.16. The first-order valence-corrected chi connectivity index (χ1v) is 8.29. The minimum atomic E-state index is -0.448. The molecule has 0 atom stereocenters. The van der Waals surface area contributed by atoms with Crippen molar-refractivity contribution < 1.29 is 14.5 Å². The number of non-ortho nitro benzene ring substituents is 1. The maximum Gasteiger partial charge on any atom is 0.270 e. The Morgan fingerprint density at radius 2 is 1.67 bits per heavy atom. The molecule has 0 aromatic heterocycles. The molecule has 6 heteroatoms. The van der Waals surface area contributed by atoms with Crippen LogP contribution >= 0.6 is 0 Å². The van der Waals surface area contributed by atoms with Gasteiger partial charge in [-0.15, -0.1) is 0 Å². The molecule has 0 aliphatic rings. The molecule has 3 aromatic carbocycles. The van der Waals surface area contributed by atoms with Crippen LogP contribution in [0, 0.1) is 10.1 Å². The molecule has 0 bridgehead atoms. The maximum atomic E-state index is 12.3. The Bertz CT molecular complexity index is 997. The van der Waals surface area contributed by atoms with Gasteiger partial charge < -0.3 is 10.1 Å². The molecule has 27 heavy (non-hydrogen) atoms. The average Bonchev–Trinajstić information content (AvgIpc) is 2.73. The second-order valence-corrected chi connectivity index (χ2v) is 5.88. The van der Waals surface area contributed by atoms with Crippen LogP contribution in [0.1, 0.15) is 10.4 Å². The zero-order valence-corrected chi connectivity index (χ0v) is 14.9. The lowest BCUT2D eigenvalue weighted by atomic mass is 9.94. The molecular weight excluding hydrogens is 344 g/mol. The Morgan fingerprint density at radius 1 is 0.963 bits per heavy atom. The standard InChI is InChI=1S/C21H18N2O4/c1-22-21(24)19-11-8-15(14-6-9-18(27-2)10-7-14)13-20(19)16-4-3-5-17(12-16)23(25)26/h3-13H,1-2H3,(H,22,24). The number of ether oxygens (including phenoxy) is 1. The van der Waals surface area contributed by atoms with Crippen molar-refractivity contribution in [2.45, 2.75) is 0 Å². The highest BCUT2D eigenvalue weighted by atomic mass is 16.6. The first-order valence-electron chi connectivity index (χ1n) is 8.29. The van der Waals surface area contributed by atoms with E-state index in [0.29, 0.717) is 16.7 Å². The van der Waals surface area contributed by atoms with Crippen molar-refractivity contribution in [3.63, 3.8) is 0 Å². The number of methoxy groups -OCH3 is 1. The first-order chi connectivity index (χ1) is 13.0. The summed E-state index contributed by atoms with van der Waals surface area (Å²) >= 11 is 0. The molecule has 136 valence electrons. The molecule has 0 aliphatic carbocycles. The van der Waals surface area contributed by atoms with Gasteiger partial charge in [0.15, 0.2) is 0 Å². The highest BCUT2D eigenvalue weighted by molar-refractivity contribution is 6.01. The van der Waals surface area contributed by atoms with Crippen molar-refractivity contribution in [2.75, 3.05) is 14.2 Å². The second kappa shape index (κ2) is 7.70. The Kier molecular flexibility index (Phi) is 5.17. The summed E-state index contributed by atoms with van der Waals surface area (Å²) in [6, 6.07) is 19.3. The van der Waals surface area contributed by atoms with Crippen LogP contribution in [-0.4, -0.2) is 25.0 Å². The Morgan fingerprint density at radius 3 is 2.30 bits per heavy atom. The number of carbonyl (C=O) groups excluding carboxylic acids is 1. The predicted octanol–water partition coefficient (Wildman–Crippen LogP) is 4.30. The number of benzene rings is 3. The summed E-state index contributed by atoms with van der Waals surface area (Å²) in [5, 5.41) is 13.7. The van der Waals surface area contributed by atoms with Crippen LogP contribution in [0.5, 0.6) is 5.75 Å². The van der Waals surface area contributed by atoms with E-state index in [0.717, 1.165) is 16.9 Å². The van der Waals surface area contributed by atoms with Gasteiger partial charge in [0.2, 0.25) is 0 Å². The summed E-state index contributed by atoms with van der Waals surface area (Å²) in [6.45, 7) is 0. The summed E-state index contributed by atoms with van der Waals surface area (Å²) in [5.74, 6) is 0.498. The molecule has 0 unspecified atom stereocenters. The number of hydrogen-bond acceptors (Lipinski definition) is 4. The van der Waals surface area contributed by atoms with Crippen LogP contribution in [0.2, 0.25) is 0 Å². The van der Waals surface area contributed by atoms with E-state index in [1.165, 1.54) is 12.1 Å². The summed E-state index contributed by atoms with van der Waals surface area (Å²) in [4.78, 5) is 23.0. The number of nitro benzene ring substituents is 1. The van der Waals surface area contributed by atoms with E-state index in [2.05, 4.69) is 5.32 Å². The average molecular weight is 362 g/mol. The van der Waals surface area contributed by atoms with Gasteiger partial charge in [0, 0.05) is 24.7 Å². The van der Waals surface area contributed by atoms with Crippen molar-refractivity contribution >= 4 is 11.6 Å². The van der Waals surface area contributed by atoms with Gasteiger partial charge in [-0.25, -0.2) is 0 Å². The normalized spacial score (nSPS) is 10.3. The molecule has 1 N–H and O–H groups in total. The van der Waals surface area contributed by atoms with Crippen LogP contribution in [0.3, 0.4) is 0 Å². The van der Waals surface area contributed by atoms with Crippen molar-refractivity contribution in [3.8, 4) is 28.0 Å². The van der Waals surface area contributed by atoms with E-state index in [9.17, 15) is 14.9 Å². The van der Waals surface area contributed by atoms with Crippen LogP contribution < -0.4 is 10.1 Å². The molecule has 0 saturated heterocycles. The Hall–Kier alpha value is -3.67. The van der Waals surface area contributed by atoms with E-state index in [1.54, 1.807) is 32.4 Å². The lowest BCUT2D eigenvalue weighted by Crippen LogP contribution is -2.18. The van der Waals surface area contributed by atoms with Gasteiger partial charge in [-0.3, -0.25) is 14.9 Å². The third-order valence-electron chi connectivity index (χ3n) is 4.28. The SMILES string of the molecule is CNC(=O)c1ccc(-c2ccc(OC)cc2)cc1-c1cccc([N+](=O)[O-])c1. The fourth-order valence-corrected chi connectivity index (χ4v) is 2.87. The number of nitro groups is 1. The number of nitrogens with one attached hydrogen (secondary N) is 1. The minimum Gasteiger partial charge on any atom is -0.497 e. The molecule has 3 aromatic rings. The van der Waals surface area contributed by atoms with Crippen molar-refractivity contribution in [2.24, 2.45) is 0 Å². The number of carbonyl (C=O) groups is 1. The zero-order valence-electron chi connectivity index (χ0n) is 14.9. The number of nitrogens with zero attached hydrogens (tertiary/aromatic N) is 1. The molecule has 0 heterocycles. The molecule has 0 radical (unpaired) electrons. The van der Waals surface area contributed by atoms with Gasteiger partial charge in [0.25, 0.3) is 11.6 Å². The topological polar surface area (TPSA) is 81.5 Å². The van der Waals surface area contributed by atoms with Crippen LogP contribution in [0.25, 0.3) is 22.3 Å². The van der Waals surface area contributed by atoms with Crippen LogP contribution in [0.4, 0.5) is 5.69 Å². The highest BCUT2D eigenvalue weighted by Gasteiger charge is 2.15. The largest absolute Gasteiger partial charge is 0.497 e. The van der Waals surface area contributed by atoms with Gasteiger partial charge >= 0.3 is 0 Å². The molecule has 0 aliphatic heterocycles. The van der Waals surface area contributed by atoms with Crippen molar-refractivity contribution in [3.05, 3.63) is 82.4 Å². The predicted molar refractivity (Wildman–Crippen MR) is 104 cm³/mol. The number of hydrogen-bond donors (Lipinski definition) is 1. The summed E-state index contributed by atoms with van der Waals surface area (Å²) in [5.41, 5.74) is 3.52. The Balaban J connectivity index is 2.15. The number of rotatable bonds is 5. The molecule has 0 fully saturated rings. The van der Waals surface area contributed by atoms with Gasteiger partial charge in [-0.2, -0.15) is 0 Å². The summed E-state index contributed by atoms with van der Waals surface area (Å²) < 4.78 is 5.18. The van der Waals surface area contributed by atoms with Crippen LogP contribution in [0.15, 0.2) is 66.7 Å². The van der Waals surface area contributed by atoms with E-state index < -0.39 is 4.92 Å². The van der Waals surface area contributed by atoms with Crippen molar-refractivity contribution in [1.29, 1.82) is 0 Å². The quantitative estimate of drug-likeness (QED) is 0.542.